The SMILES string of the molecule is CCCCOC(=O)[C@H](C)OC(=O)[C@H](CC(=O)OC1=CC[C@@]2(O)[C@H](N(C)CC)Cc3ccc(OC)c4c3[C@@]2(C)[C@H]1O4)OC(=O)OC(C)(C)C. The summed E-state index contributed by atoms with van der Waals surface area (Å²) in [5.41, 5.74) is -1.50. The van der Waals surface area contributed by atoms with Crippen LogP contribution in [-0.4, -0.2) is 96.9 Å². The number of esters is 3. The lowest BCUT2D eigenvalue weighted by molar-refractivity contribution is -0.175. The summed E-state index contributed by atoms with van der Waals surface area (Å²) in [6.45, 7) is 12.8. The van der Waals surface area contributed by atoms with Crippen molar-refractivity contribution < 1.29 is 57.4 Å². The fourth-order valence-corrected chi connectivity index (χ4v) is 6.67. The summed E-state index contributed by atoms with van der Waals surface area (Å²) in [6, 6.07) is 3.53. The molecule has 4 rings (SSSR count). The molecule has 0 unspecified atom stereocenters. The third-order valence-corrected chi connectivity index (χ3v) is 9.32. The fourth-order valence-electron chi connectivity index (χ4n) is 6.67. The van der Waals surface area contributed by atoms with Crippen LogP contribution < -0.4 is 9.47 Å². The molecule has 1 aliphatic heterocycles. The van der Waals surface area contributed by atoms with Gasteiger partial charge >= 0.3 is 24.1 Å². The minimum atomic E-state index is -1.80. The van der Waals surface area contributed by atoms with E-state index in [-0.39, 0.29) is 24.8 Å². The van der Waals surface area contributed by atoms with E-state index in [1.165, 1.54) is 14.0 Å². The molecular weight excluding hydrogens is 626 g/mol. The molecular formula is C35H49NO12. The Bertz CT molecular complexity index is 1430. The number of unbranched alkanes of at least 4 members (excludes halogenated alkanes) is 1. The molecule has 13 heteroatoms. The number of hydrogen-bond donors (Lipinski definition) is 1. The predicted octanol–water partition coefficient (Wildman–Crippen LogP) is 4.14. The lowest BCUT2D eigenvalue weighted by Gasteiger charge is -2.56. The van der Waals surface area contributed by atoms with Crippen molar-refractivity contribution in [3.05, 3.63) is 35.1 Å². The molecule has 1 heterocycles. The topological polar surface area (TPSA) is 156 Å². The van der Waals surface area contributed by atoms with Gasteiger partial charge in [-0.1, -0.05) is 26.3 Å². The van der Waals surface area contributed by atoms with Gasteiger partial charge < -0.3 is 43.2 Å². The van der Waals surface area contributed by atoms with E-state index in [4.69, 9.17) is 33.2 Å². The minimum absolute atomic E-state index is 0.133. The van der Waals surface area contributed by atoms with Crippen molar-refractivity contribution >= 4 is 24.1 Å². The molecule has 1 N–H and O–H groups in total. The lowest BCUT2D eigenvalue weighted by Crippen LogP contribution is -2.69. The summed E-state index contributed by atoms with van der Waals surface area (Å²) in [4.78, 5) is 53.7. The van der Waals surface area contributed by atoms with Gasteiger partial charge in [0, 0.05) is 18.0 Å². The molecule has 6 atom stereocenters. The standard InChI is InChI=1S/C35H49NO12/c1-10-12-17-43-30(38)20(3)44-31(39)24(46-32(40)48-33(4,5)6)19-26(37)45-23-15-16-35(41)25(36(8)11-2)18-21-13-14-22(42-9)28-27(21)34(35,7)29(23)47-28/h13-15,20,24-25,29,41H,10-12,16-19H2,1-9H3/t20-,24-,25+,29-,34-,35+/m0/s1. The van der Waals surface area contributed by atoms with Crippen molar-refractivity contribution in [1.29, 1.82) is 0 Å². The molecule has 0 fully saturated rings. The first-order valence-corrected chi connectivity index (χ1v) is 16.5. The Kier molecular flexibility index (Phi) is 11.0. The van der Waals surface area contributed by atoms with Crippen molar-refractivity contribution in [2.75, 3.05) is 27.3 Å². The lowest BCUT2D eigenvalue weighted by atomic mass is 9.54. The van der Waals surface area contributed by atoms with Crippen LogP contribution in [0.2, 0.25) is 0 Å². The van der Waals surface area contributed by atoms with Crippen molar-refractivity contribution in [3.63, 3.8) is 0 Å². The third-order valence-electron chi connectivity index (χ3n) is 9.32. The molecule has 48 heavy (non-hydrogen) atoms. The van der Waals surface area contributed by atoms with Crippen molar-refractivity contribution in [2.45, 2.75) is 122 Å². The number of ether oxygens (including phenoxy) is 7. The molecule has 1 aromatic carbocycles. The number of carbonyl (C=O) groups is 4. The zero-order valence-electron chi connectivity index (χ0n) is 29.4. The van der Waals surface area contributed by atoms with Crippen LogP contribution in [0, 0.1) is 0 Å². The zero-order chi connectivity index (χ0) is 35.6. The summed E-state index contributed by atoms with van der Waals surface area (Å²) in [5.74, 6) is -1.80. The quantitative estimate of drug-likeness (QED) is 0.181. The molecule has 3 aliphatic rings. The van der Waals surface area contributed by atoms with Gasteiger partial charge in [0.15, 0.2) is 23.7 Å². The maximum atomic E-state index is 13.5. The second-order valence-electron chi connectivity index (χ2n) is 13.7. The number of methoxy groups -OCH3 is 1. The van der Waals surface area contributed by atoms with E-state index in [0.29, 0.717) is 30.9 Å². The zero-order valence-corrected chi connectivity index (χ0v) is 29.4. The highest BCUT2D eigenvalue weighted by atomic mass is 16.7. The second-order valence-corrected chi connectivity index (χ2v) is 13.7. The van der Waals surface area contributed by atoms with Crippen LogP contribution in [0.4, 0.5) is 4.79 Å². The van der Waals surface area contributed by atoms with E-state index in [1.54, 1.807) is 26.8 Å². The van der Waals surface area contributed by atoms with Gasteiger partial charge in [-0.15, -0.1) is 0 Å². The van der Waals surface area contributed by atoms with E-state index >= 15 is 0 Å². The normalized spacial score (nSPS) is 25.1. The number of hydrogen-bond acceptors (Lipinski definition) is 13. The molecule has 0 bridgehead atoms. The summed E-state index contributed by atoms with van der Waals surface area (Å²) >= 11 is 0. The molecule has 2 aliphatic carbocycles. The van der Waals surface area contributed by atoms with Crippen LogP contribution in [0.25, 0.3) is 0 Å². The van der Waals surface area contributed by atoms with Gasteiger partial charge in [0.25, 0.3) is 0 Å². The van der Waals surface area contributed by atoms with Crippen LogP contribution in [0.3, 0.4) is 0 Å². The Morgan fingerprint density at radius 2 is 1.83 bits per heavy atom. The summed E-state index contributed by atoms with van der Waals surface area (Å²) in [5, 5.41) is 12.5. The molecule has 0 radical (unpaired) electrons. The second kappa shape index (κ2) is 14.3. The number of nitrogens with zero attached hydrogens (tertiary/aromatic N) is 1. The molecule has 0 saturated heterocycles. The number of aliphatic hydroxyl groups is 1. The molecule has 1 aromatic rings. The van der Waals surface area contributed by atoms with Crippen LogP contribution >= 0.6 is 0 Å². The minimum Gasteiger partial charge on any atom is -0.493 e. The predicted molar refractivity (Wildman–Crippen MR) is 171 cm³/mol. The van der Waals surface area contributed by atoms with Crippen LogP contribution in [0.5, 0.6) is 11.5 Å². The van der Waals surface area contributed by atoms with Crippen molar-refractivity contribution in [2.24, 2.45) is 0 Å². The first-order valence-electron chi connectivity index (χ1n) is 16.5. The Balaban J connectivity index is 1.59. The van der Waals surface area contributed by atoms with Gasteiger partial charge in [-0.2, -0.15) is 0 Å². The number of carbonyl (C=O) groups excluding carboxylic acids is 4. The largest absolute Gasteiger partial charge is 0.509 e. The average molecular weight is 676 g/mol. The van der Waals surface area contributed by atoms with E-state index in [9.17, 15) is 24.3 Å². The monoisotopic (exact) mass is 675 g/mol. The highest BCUT2D eigenvalue weighted by Crippen LogP contribution is 2.62. The van der Waals surface area contributed by atoms with E-state index < -0.39 is 65.4 Å². The third kappa shape index (κ3) is 7.12. The van der Waals surface area contributed by atoms with Gasteiger partial charge in [0.05, 0.1) is 31.2 Å². The first kappa shape index (κ1) is 37.0. The molecule has 0 aromatic heterocycles. The van der Waals surface area contributed by atoms with Crippen LogP contribution in [-0.2, 0) is 49.9 Å². The van der Waals surface area contributed by atoms with E-state index in [2.05, 4.69) is 4.90 Å². The molecule has 0 saturated carbocycles. The van der Waals surface area contributed by atoms with Gasteiger partial charge in [-0.25, -0.2) is 14.4 Å². The molecule has 13 nitrogen and oxygen atoms in total. The fraction of sp³-hybridized carbons (Fsp3) is 0.657. The molecule has 266 valence electrons. The highest BCUT2D eigenvalue weighted by molar-refractivity contribution is 5.86. The number of benzene rings is 1. The Labute approximate surface area is 281 Å². The number of likely N-dealkylation sites (N-methyl/N-ethyl adjacent to an activating group) is 1. The smallest absolute Gasteiger partial charge is 0.493 e. The summed E-state index contributed by atoms with van der Waals surface area (Å²) in [7, 11) is 3.49. The Morgan fingerprint density at radius 1 is 1.12 bits per heavy atom. The average Bonchev–Trinajstić information content (AvgIpc) is 3.34. The Morgan fingerprint density at radius 3 is 2.46 bits per heavy atom. The molecule has 0 amide bonds. The van der Waals surface area contributed by atoms with Crippen molar-refractivity contribution in [3.8, 4) is 11.5 Å². The van der Waals surface area contributed by atoms with E-state index in [0.717, 1.165) is 17.5 Å². The summed E-state index contributed by atoms with van der Waals surface area (Å²) < 4.78 is 38.7. The maximum absolute atomic E-state index is 13.5. The Hall–Kier alpha value is -3.84. The molecule has 0 spiro atoms. The van der Waals surface area contributed by atoms with Crippen molar-refractivity contribution in [1.82, 2.24) is 4.90 Å². The van der Waals surface area contributed by atoms with Crippen LogP contribution in [0.15, 0.2) is 24.0 Å². The highest BCUT2D eigenvalue weighted by Gasteiger charge is 2.68. The summed E-state index contributed by atoms with van der Waals surface area (Å²) in [6.07, 6.45) is -2.25. The van der Waals surface area contributed by atoms with Crippen LogP contribution in [0.1, 0.15) is 85.3 Å². The van der Waals surface area contributed by atoms with Gasteiger partial charge in [-0.3, -0.25) is 4.79 Å². The van der Waals surface area contributed by atoms with Gasteiger partial charge in [-0.05, 0) is 78.8 Å². The number of rotatable bonds is 13. The van der Waals surface area contributed by atoms with E-state index in [1.807, 2.05) is 40.0 Å². The van der Waals surface area contributed by atoms with Gasteiger partial charge in [0.2, 0.25) is 6.10 Å². The maximum Gasteiger partial charge on any atom is 0.509 e. The first-order chi connectivity index (χ1) is 22.5. The van der Waals surface area contributed by atoms with Gasteiger partial charge in [0.1, 0.15) is 11.4 Å².